The molecule has 5 heteroatoms. The van der Waals surface area contributed by atoms with Crippen LogP contribution < -0.4 is 20.5 Å². The minimum absolute atomic E-state index is 0.000810. The number of hydrogen-bond acceptors (Lipinski definition) is 3. The molecule has 26 heavy (non-hydrogen) atoms. The van der Waals surface area contributed by atoms with Crippen LogP contribution in [-0.2, 0) is 0 Å². The van der Waals surface area contributed by atoms with Crippen molar-refractivity contribution >= 4 is 5.96 Å². The summed E-state index contributed by atoms with van der Waals surface area (Å²) in [5.41, 5.74) is 8.43. The number of aryl methyl sites for hydroxylation is 1. The number of aliphatic imine (C=N–C) groups is 1. The van der Waals surface area contributed by atoms with Crippen molar-refractivity contribution in [2.75, 3.05) is 13.2 Å². The average Bonchev–Trinajstić information content (AvgIpc) is 2.65. The van der Waals surface area contributed by atoms with Crippen molar-refractivity contribution in [3.8, 4) is 11.5 Å². The smallest absolute Gasteiger partial charge is 0.189 e. The molecule has 0 saturated heterocycles. The first-order chi connectivity index (χ1) is 12.7. The van der Waals surface area contributed by atoms with Gasteiger partial charge in [0.25, 0.3) is 0 Å². The molecule has 1 heterocycles. The summed E-state index contributed by atoms with van der Waals surface area (Å²) in [6, 6.07) is 16.2. The number of guanidine groups is 1. The van der Waals surface area contributed by atoms with Gasteiger partial charge >= 0.3 is 0 Å². The molecule has 0 amide bonds. The van der Waals surface area contributed by atoms with Crippen LogP contribution in [0.4, 0.5) is 0 Å². The van der Waals surface area contributed by atoms with Crippen LogP contribution in [0.25, 0.3) is 0 Å². The maximum Gasteiger partial charge on any atom is 0.189 e. The fraction of sp³-hybridized carbons (Fsp3) is 0.381. The minimum Gasteiger partial charge on any atom is -0.493 e. The van der Waals surface area contributed by atoms with Crippen LogP contribution >= 0.6 is 0 Å². The van der Waals surface area contributed by atoms with Gasteiger partial charge in [-0.1, -0.05) is 37.3 Å². The van der Waals surface area contributed by atoms with Crippen molar-refractivity contribution < 1.29 is 9.47 Å². The zero-order chi connectivity index (χ0) is 18.4. The lowest BCUT2D eigenvalue weighted by Gasteiger charge is -2.27. The number of nitrogens with zero attached hydrogens (tertiary/aromatic N) is 1. The van der Waals surface area contributed by atoms with E-state index in [9.17, 15) is 0 Å². The molecule has 0 fully saturated rings. The number of fused-ring (bicyclic) bond motifs is 1. The van der Waals surface area contributed by atoms with Crippen LogP contribution in [0.5, 0.6) is 11.5 Å². The van der Waals surface area contributed by atoms with E-state index in [0.717, 1.165) is 29.9 Å². The zero-order valence-corrected chi connectivity index (χ0v) is 15.4. The summed E-state index contributed by atoms with van der Waals surface area (Å²) in [4.78, 5) is 4.50. The number of hydrogen-bond donors (Lipinski definition) is 2. The highest BCUT2D eigenvalue weighted by Gasteiger charge is 2.21. The molecule has 3 rings (SSSR count). The molecule has 2 atom stereocenters. The molecule has 3 N–H and O–H groups in total. The maximum atomic E-state index is 6.12. The molecule has 0 aromatic heterocycles. The molecule has 2 aromatic rings. The van der Waals surface area contributed by atoms with Gasteiger partial charge in [0.05, 0.1) is 19.2 Å². The van der Waals surface area contributed by atoms with Gasteiger partial charge in [-0.3, -0.25) is 0 Å². The van der Waals surface area contributed by atoms with Crippen molar-refractivity contribution in [1.29, 1.82) is 0 Å². The molecule has 1 aliphatic heterocycles. The SMILES string of the molecule is CCC(CN=C(N)NC1CCOc2ccccc21)Oc1cccc(C)c1. The van der Waals surface area contributed by atoms with Crippen molar-refractivity contribution in [3.05, 3.63) is 59.7 Å². The second-order valence-electron chi connectivity index (χ2n) is 6.56. The lowest BCUT2D eigenvalue weighted by atomic mass is 10.0. The first kappa shape index (κ1) is 18.1. The van der Waals surface area contributed by atoms with Crippen LogP contribution in [-0.4, -0.2) is 25.2 Å². The average molecular weight is 353 g/mol. The summed E-state index contributed by atoms with van der Waals surface area (Å²) >= 11 is 0. The molecule has 0 aliphatic carbocycles. The van der Waals surface area contributed by atoms with Crippen molar-refractivity contribution in [2.24, 2.45) is 10.7 Å². The Morgan fingerprint density at radius 2 is 2.15 bits per heavy atom. The highest BCUT2D eigenvalue weighted by molar-refractivity contribution is 5.78. The quantitative estimate of drug-likeness (QED) is 0.615. The van der Waals surface area contributed by atoms with Crippen LogP contribution in [0.1, 0.15) is 36.9 Å². The minimum atomic E-state index is -0.000810. The van der Waals surface area contributed by atoms with Gasteiger partial charge in [0, 0.05) is 12.0 Å². The maximum absolute atomic E-state index is 6.12. The van der Waals surface area contributed by atoms with Gasteiger partial charge in [-0.25, -0.2) is 4.99 Å². The summed E-state index contributed by atoms with van der Waals surface area (Å²) in [5.74, 6) is 2.23. The zero-order valence-electron chi connectivity index (χ0n) is 15.4. The Hall–Kier alpha value is -2.69. The predicted octanol–water partition coefficient (Wildman–Crippen LogP) is 3.58. The molecule has 5 nitrogen and oxygen atoms in total. The van der Waals surface area contributed by atoms with E-state index in [2.05, 4.69) is 36.3 Å². The third-order valence-electron chi connectivity index (χ3n) is 4.49. The summed E-state index contributed by atoms with van der Waals surface area (Å²) in [6.07, 6.45) is 1.73. The third kappa shape index (κ3) is 4.69. The number of nitrogens with two attached hydrogens (primary N) is 1. The van der Waals surface area contributed by atoms with Gasteiger partial charge in [-0.15, -0.1) is 0 Å². The normalized spacial score (nSPS) is 17.8. The predicted molar refractivity (Wildman–Crippen MR) is 105 cm³/mol. The molecular formula is C21H27N3O2. The van der Waals surface area contributed by atoms with E-state index in [1.54, 1.807) is 0 Å². The van der Waals surface area contributed by atoms with Crippen LogP contribution in [0.15, 0.2) is 53.5 Å². The van der Waals surface area contributed by atoms with Gasteiger partial charge < -0.3 is 20.5 Å². The molecule has 0 spiro atoms. The standard InChI is InChI=1S/C21H27N3O2/c1-3-16(26-17-8-6-7-15(2)13-17)14-23-21(22)24-19-11-12-25-20-10-5-4-9-18(19)20/h4-10,13,16,19H,3,11-12,14H2,1-2H3,(H3,22,23,24). The highest BCUT2D eigenvalue weighted by Crippen LogP contribution is 2.31. The van der Waals surface area contributed by atoms with E-state index < -0.39 is 0 Å². The lowest BCUT2D eigenvalue weighted by molar-refractivity contribution is 0.205. The van der Waals surface area contributed by atoms with E-state index >= 15 is 0 Å². The Kier molecular flexibility index (Phi) is 6.00. The Bertz CT molecular complexity index is 760. The molecule has 138 valence electrons. The van der Waals surface area contributed by atoms with Crippen LogP contribution in [0.3, 0.4) is 0 Å². The molecule has 0 bridgehead atoms. The Morgan fingerprint density at radius 1 is 1.31 bits per heavy atom. The number of benzene rings is 2. The highest BCUT2D eigenvalue weighted by atomic mass is 16.5. The van der Waals surface area contributed by atoms with Gasteiger partial charge in [-0.05, 0) is 37.1 Å². The Morgan fingerprint density at radius 3 is 2.96 bits per heavy atom. The molecule has 0 saturated carbocycles. The summed E-state index contributed by atoms with van der Waals surface area (Å²) in [5, 5.41) is 3.32. The van der Waals surface area contributed by atoms with E-state index in [0.29, 0.717) is 19.1 Å². The number of para-hydroxylation sites is 1. The fourth-order valence-electron chi connectivity index (χ4n) is 3.05. The van der Waals surface area contributed by atoms with E-state index in [4.69, 9.17) is 15.2 Å². The molecule has 1 aliphatic rings. The van der Waals surface area contributed by atoms with E-state index in [-0.39, 0.29) is 12.1 Å². The molecular weight excluding hydrogens is 326 g/mol. The largest absolute Gasteiger partial charge is 0.493 e. The van der Waals surface area contributed by atoms with Gasteiger partial charge in [-0.2, -0.15) is 0 Å². The first-order valence-electron chi connectivity index (χ1n) is 9.17. The second kappa shape index (κ2) is 8.61. The van der Waals surface area contributed by atoms with E-state index in [1.807, 2.05) is 36.4 Å². The van der Waals surface area contributed by atoms with Crippen molar-refractivity contribution in [1.82, 2.24) is 5.32 Å². The monoisotopic (exact) mass is 353 g/mol. The summed E-state index contributed by atoms with van der Waals surface area (Å²) in [7, 11) is 0. The number of rotatable bonds is 6. The summed E-state index contributed by atoms with van der Waals surface area (Å²) in [6.45, 7) is 5.35. The fourth-order valence-corrected chi connectivity index (χ4v) is 3.05. The van der Waals surface area contributed by atoms with Crippen LogP contribution in [0.2, 0.25) is 0 Å². The van der Waals surface area contributed by atoms with Gasteiger partial charge in [0.1, 0.15) is 17.6 Å². The van der Waals surface area contributed by atoms with Gasteiger partial charge in [0.2, 0.25) is 0 Å². The molecule has 2 unspecified atom stereocenters. The second-order valence-corrected chi connectivity index (χ2v) is 6.56. The number of ether oxygens (including phenoxy) is 2. The first-order valence-corrected chi connectivity index (χ1v) is 9.17. The summed E-state index contributed by atoms with van der Waals surface area (Å²) < 4.78 is 11.7. The lowest BCUT2D eigenvalue weighted by Crippen LogP contribution is -2.38. The molecule has 0 radical (unpaired) electrons. The topological polar surface area (TPSA) is 68.9 Å². The Balaban J connectivity index is 1.59. The van der Waals surface area contributed by atoms with E-state index in [1.165, 1.54) is 5.56 Å². The van der Waals surface area contributed by atoms with Crippen molar-refractivity contribution in [3.63, 3.8) is 0 Å². The molecule has 2 aromatic carbocycles. The van der Waals surface area contributed by atoms with Crippen molar-refractivity contribution in [2.45, 2.75) is 38.8 Å². The van der Waals surface area contributed by atoms with Gasteiger partial charge in [0.15, 0.2) is 5.96 Å². The Labute approximate surface area is 155 Å². The van der Waals surface area contributed by atoms with Crippen LogP contribution in [0, 0.1) is 6.92 Å². The third-order valence-corrected chi connectivity index (χ3v) is 4.49. The number of nitrogens with one attached hydrogen (secondary N) is 1.